The summed E-state index contributed by atoms with van der Waals surface area (Å²) >= 11 is 7.36. The highest BCUT2D eigenvalue weighted by Crippen LogP contribution is 2.40. The number of amides is 2. The second-order valence-electron chi connectivity index (χ2n) is 7.42. The van der Waals surface area contributed by atoms with Crippen molar-refractivity contribution in [3.63, 3.8) is 0 Å². The van der Waals surface area contributed by atoms with Gasteiger partial charge >= 0.3 is 0 Å². The van der Waals surface area contributed by atoms with Crippen molar-refractivity contribution in [2.45, 2.75) is 43.0 Å². The van der Waals surface area contributed by atoms with Gasteiger partial charge in [0.1, 0.15) is 10.6 Å². The van der Waals surface area contributed by atoms with Crippen LogP contribution in [-0.4, -0.2) is 29.8 Å². The first-order valence-electron chi connectivity index (χ1n) is 9.90. The average Bonchev–Trinajstić information content (AvgIpc) is 2.99. The first-order chi connectivity index (χ1) is 14.1. The maximum Gasteiger partial charge on any atom is 0.283 e. The Morgan fingerprint density at radius 2 is 1.59 bits per heavy atom. The average molecular weight is 427 g/mol. The van der Waals surface area contributed by atoms with Crippen LogP contribution in [-0.2, 0) is 9.59 Å². The smallest absolute Gasteiger partial charge is 0.283 e. The summed E-state index contributed by atoms with van der Waals surface area (Å²) in [5.74, 6) is -0.535. The molecule has 150 valence electrons. The number of thioether (sulfide) groups is 1. The van der Waals surface area contributed by atoms with Gasteiger partial charge in [-0.2, -0.15) is 0 Å². The summed E-state index contributed by atoms with van der Waals surface area (Å²) in [4.78, 5) is 31.6. The lowest BCUT2D eigenvalue weighted by molar-refractivity contribution is -0.121. The van der Waals surface area contributed by atoms with E-state index >= 15 is 0 Å². The van der Waals surface area contributed by atoms with Crippen molar-refractivity contribution in [3.8, 4) is 0 Å². The molecule has 0 radical (unpaired) electrons. The summed E-state index contributed by atoms with van der Waals surface area (Å²) in [5, 5.41) is 0.569. The standard InChI is InChI=1S/C23H23ClN2O2S/c1-25(17-8-4-2-5-9-17)20-21(29-19-10-6-3-7-11-19)23(28)26(22(20)27)18-14-12-16(24)13-15-18/h3,6-7,10-15,17H,2,4-5,8-9H2,1H3. The van der Waals surface area contributed by atoms with Crippen molar-refractivity contribution in [2.24, 2.45) is 0 Å². The Kier molecular flexibility index (Phi) is 5.97. The van der Waals surface area contributed by atoms with Crippen molar-refractivity contribution < 1.29 is 9.59 Å². The van der Waals surface area contributed by atoms with Gasteiger partial charge in [0.2, 0.25) is 0 Å². The molecule has 2 amide bonds. The minimum Gasteiger partial charge on any atom is -0.366 e. The number of halogens is 1. The highest BCUT2D eigenvalue weighted by molar-refractivity contribution is 8.04. The van der Waals surface area contributed by atoms with E-state index < -0.39 is 0 Å². The molecule has 0 aromatic heterocycles. The molecular formula is C23H23ClN2O2S. The summed E-state index contributed by atoms with van der Waals surface area (Å²) in [6.45, 7) is 0. The van der Waals surface area contributed by atoms with Gasteiger partial charge in [-0.05, 0) is 49.2 Å². The van der Waals surface area contributed by atoms with Crippen molar-refractivity contribution in [1.82, 2.24) is 4.90 Å². The number of anilines is 1. The van der Waals surface area contributed by atoms with Crippen LogP contribution in [0.4, 0.5) is 5.69 Å². The van der Waals surface area contributed by atoms with Gasteiger partial charge in [0, 0.05) is 23.0 Å². The quantitative estimate of drug-likeness (QED) is 0.593. The molecule has 0 atom stereocenters. The lowest BCUT2D eigenvalue weighted by Crippen LogP contribution is -2.38. The molecule has 2 aromatic rings. The van der Waals surface area contributed by atoms with Crippen LogP contribution in [0, 0.1) is 0 Å². The van der Waals surface area contributed by atoms with Crippen LogP contribution in [0.3, 0.4) is 0 Å². The molecule has 2 aromatic carbocycles. The normalized spacial score (nSPS) is 17.9. The van der Waals surface area contributed by atoms with Crippen LogP contribution in [0.25, 0.3) is 0 Å². The van der Waals surface area contributed by atoms with Crippen LogP contribution in [0.1, 0.15) is 32.1 Å². The molecule has 1 fully saturated rings. The minimum absolute atomic E-state index is 0.260. The van der Waals surface area contributed by atoms with Gasteiger partial charge < -0.3 is 4.90 Å². The Hall–Kier alpha value is -2.24. The predicted molar refractivity (Wildman–Crippen MR) is 118 cm³/mol. The molecular weight excluding hydrogens is 404 g/mol. The fourth-order valence-electron chi connectivity index (χ4n) is 3.98. The summed E-state index contributed by atoms with van der Waals surface area (Å²) in [7, 11) is 1.95. The number of likely N-dealkylation sites (N-methyl/N-ethyl adjacent to an activating group) is 1. The number of benzene rings is 2. The molecule has 0 unspecified atom stereocenters. The number of hydrogen-bond donors (Lipinski definition) is 0. The van der Waals surface area contributed by atoms with Gasteiger partial charge in [-0.15, -0.1) is 0 Å². The summed E-state index contributed by atoms with van der Waals surface area (Å²) in [6, 6.07) is 16.8. The summed E-state index contributed by atoms with van der Waals surface area (Å²) in [5.41, 5.74) is 1.05. The molecule has 2 aliphatic rings. The first kappa shape index (κ1) is 20.0. The van der Waals surface area contributed by atoms with E-state index in [1.54, 1.807) is 24.3 Å². The Balaban J connectivity index is 1.72. The first-order valence-corrected chi connectivity index (χ1v) is 11.1. The van der Waals surface area contributed by atoms with Gasteiger partial charge in [-0.3, -0.25) is 9.59 Å². The van der Waals surface area contributed by atoms with Crippen molar-refractivity contribution in [3.05, 3.63) is 70.2 Å². The Bertz CT molecular complexity index is 937. The zero-order valence-corrected chi connectivity index (χ0v) is 17.9. The molecule has 0 N–H and O–H groups in total. The van der Waals surface area contributed by atoms with Gasteiger partial charge in [0.25, 0.3) is 11.8 Å². The van der Waals surface area contributed by atoms with E-state index in [0.29, 0.717) is 21.3 Å². The highest BCUT2D eigenvalue weighted by Gasteiger charge is 2.43. The van der Waals surface area contributed by atoms with E-state index in [9.17, 15) is 9.59 Å². The van der Waals surface area contributed by atoms with Crippen LogP contribution in [0.2, 0.25) is 5.02 Å². The molecule has 1 saturated carbocycles. The Morgan fingerprint density at radius 1 is 0.931 bits per heavy atom. The topological polar surface area (TPSA) is 40.6 Å². The van der Waals surface area contributed by atoms with E-state index in [1.807, 2.05) is 42.3 Å². The third kappa shape index (κ3) is 4.07. The van der Waals surface area contributed by atoms with Gasteiger partial charge in [0.15, 0.2) is 0 Å². The zero-order chi connectivity index (χ0) is 20.4. The van der Waals surface area contributed by atoms with Crippen LogP contribution in [0.15, 0.2) is 70.1 Å². The van der Waals surface area contributed by atoms with E-state index in [-0.39, 0.29) is 17.9 Å². The number of imide groups is 1. The van der Waals surface area contributed by atoms with Gasteiger partial charge in [-0.1, -0.05) is 60.8 Å². The lowest BCUT2D eigenvalue weighted by atomic mass is 9.94. The minimum atomic E-state index is -0.274. The second-order valence-corrected chi connectivity index (χ2v) is 8.94. The van der Waals surface area contributed by atoms with E-state index in [0.717, 1.165) is 30.6 Å². The fraction of sp³-hybridized carbons (Fsp3) is 0.304. The molecule has 4 nitrogen and oxygen atoms in total. The van der Waals surface area contributed by atoms with Gasteiger partial charge in [0.05, 0.1) is 5.69 Å². The molecule has 0 saturated heterocycles. The van der Waals surface area contributed by atoms with Crippen LogP contribution < -0.4 is 4.90 Å². The van der Waals surface area contributed by atoms with Crippen LogP contribution in [0.5, 0.6) is 0 Å². The van der Waals surface area contributed by atoms with Crippen molar-refractivity contribution in [1.29, 1.82) is 0 Å². The maximum absolute atomic E-state index is 13.4. The summed E-state index contributed by atoms with van der Waals surface area (Å²) in [6.07, 6.45) is 5.65. The monoisotopic (exact) mass is 426 g/mol. The SMILES string of the molecule is CN(C1=C(Sc2ccccc2)C(=O)N(c2ccc(Cl)cc2)C1=O)C1CCCCC1. The Morgan fingerprint density at radius 3 is 2.24 bits per heavy atom. The number of carbonyl (C=O) groups is 2. The highest BCUT2D eigenvalue weighted by atomic mass is 35.5. The molecule has 6 heteroatoms. The molecule has 1 aliphatic heterocycles. The predicted octanol–water partition coefficient (Wildman–Crippen LogP) is 5.48. The molecule has 4 rings (SSSR count). The maximum atomic E-state index is 13.4. The third-order valence-electron chi connectivity index (χ3n) is 5.54. The molecule has 1 heterocycles. The number of carbonyl (C=O) groups excluding carboxylic acids is 2. The third-order valence-corrected chi connectivity index (χ3v) is 6.87. The molecule has 1 aliphatic carbocycles. The van der Waals surface area contributed by atoms with Crippen LogP contribution >= 0.6 is 23.4 Å². The number of rotatable bonds is 5. The number of nitrogens with zero attached hydrogens (tertiary/aromatic N) is 2. The van der Waals surface area contributed by atoms with Gasteiger partial charge in [-0.25, -0.2) is 4.90 Å². The summed E-state index contributed by atoms with van der Waals surface area (Å²) < 4.78 is 0. The van der Waals surface area contributed by atoms with Crippen molar-refractivity contribution in [2.75, 3.05) is 11.9 Å². The fourth-order valence-corrected chi connectivity index (χ4v) is 5.14. The molecule has 0 bridgehead atoms. The zero-order valence-electron chi connectivity index (χ0n) is 16.3. The second kappa shape index (κ2) is 8.64. The van der Waals surface area contributed by atoms with Crippen molar-refractivity contribution >= 4 is 40.9 Å². The van der Waals surface area contributed by atoms with E-state index in [4.69, 9.17) is 11.6 Å². The largest absolute Gasteiger partial charge is 0.366 e. The number of hydrogen-bond acceptors (Lipinski definition) is 4. The molecule has 0 spiro atoms. The lowest BCUT2D eigenvalue weighted by Gasteiger charge is -2.33. The Labute approximate surface area is 180 Å². The van der Waals surface area contributed by atoms with E-state index in [1.165, 1.54) is 23.1 Å². The van der Waals surface area contributed by atoms with E-state index in [2.05, 4.69) is 0 Å². The molecule has 29 heavy (non-hydrogen) atoms.